The molecule has 0 saturated heterocycles. The molecule has 118 valence electrons. The molecule has 0 heterocycles. The van der Waals surface area contributed by atoms with Crippen LogP contribution < -0.4 is 4.72 Å². The number of benzene rings is 1. The number of sulfonamides is 1. The Morgan fingerprint density at radius 3 is 2.52 bits per heavy atom. The van der Waals surface area contributed by atoms with Crippen molar-refractivity contribution in [3.8, 4) is 0 Å². The first-order valence-electron chi connectivity index (χ1n) is 6.09. The van der Waals surface area contributed by atoms with E-state index in [0.717, 1.165) is 0 Å². The monoisotopic (exact) mass is 323 g/mol. The van der Waals surface area contributed by atoms with Crippen LogP contribution in [0.1, 0.15) is 30.1 Å². The van der Waals surface area contributed by atoms with Crippen LogP contribution in [0.5, 0.6) is 0 Å². The van der Waals surface area contributed by atoms with E-state index in [1.165, 1.54) is 0 Å². The SMILES string of the molecule is CCC(O)CCNS(=O)(=O)c1cc(C(=O)O)cc(F)c1F. The highest BCUT2D eigenvalue weighted by molar-refractivity contribution is 7.89. The highest BCUT2D eigenvalue weighted by Crippen LogP contribution is 2.20. The molecule has 21 heavy (non-hydrogen) atoms. The van der Waals surface area contributed by atoms with Crippen LogP contribution in [0.15, 0.2) is 17.0 Å². The number of aromatic carboxylic acids is 1. The fraction of sp³-hybridized carbons (Fsp3) is 0.417. The minimum atomic E-state index is -4.41. The van der Waals surface area contributed by atoms with Gasteiger partial charge in [-0.2, -0.15) is 0 Å². The predicted molar refractivity (Wildman–Crippen MR) is 69.4 cm³/mol. The van der Waals surface area contributed by atoms with Gasteiger partial charge in [-0.3, -0.25) is 0 Å². The second-order valence-electron chi connectivity index (χ2n) is 4.32. The third kappa shape index (κ3) is 4.45. The zero-order valence-corrected chi connectivity index (χ0v) is 12.0. The lowest BCUT2D eigenvalue weighted by molar-refractivity contribution is 0.0696. The summed E-state index contributed by atoms with van der Waals surface area (Å²) in [5, 5.41) is 18.0. The number of aliphatic hydroxyl groups is 1. The molecule has 0 bridgehead atoms. The van der Waals surface area contributed by atoms with E-state index in [2.05, 4.69) is 0 Å². The molecule has 6 nitrogen and oxygen atoms in total. The van der Waals surface area contributed by atoms with Crippen LogP contribution in [0.4, 0.5) is 8.78 Å². The van der Waals surface area contributed by atoms with Crippen LogP contribution in [-0.2, 0) is 10.0 Å². The molecule has 1 aromatic rings. The van der Waals surface area contributed by atoms with Gasteiger partial charge in [0.15, 0.2) is 11.6 Å². The summed E-state index contributed by atoms with van der Waals surface area (Å²) in [4.78, 5) is 9.67. The number of hydrogen-bond acceptors (Lipinski definition) is 4. The smallest absolute Gasteiger partial charge is 0.335 e. The summed E-state index contributed by atoms with van der Waals surface area (Å²) in [5.74, 6) is -4.79. The molecule has 0 aliphatic heterocycles. The summed E-state index contributed by atoms with van der Waals surface area (Å²) >= 11 is 0. The van der Waals surface area contributed by atoms with E-state index in [1.54, 1.807) is 6.92 Å². The molecule has 1 unspecified atom stereocenters. The number of carboxylic acids is 1. The number of carboxylic acid groups (broad SMARTS) is 1. The quantitative estimate of drug-likeness (QED) is 0.697. The third-order valence-electron chi connectivity index (χ3n) is 2.77. The molecular weight excluding hydrogens is 308 g/mol. The molecule has 0 aliphatic carbocycles. The lowest BCUT2D eigenvalue weighted by Crippen LogP contribution is -2.28. The van der Waals surface area contributed by atoms with Gasteiger partial charge in [-0.1, -0.05) is 6.92 Å². The first kappa shape index (κ1) is 17.5. The normalized spacial score (nSPS) is 13.1. The number of carbonyl (C=O) groups is 1. The highest BCUT2D eigenvalue weighted by Gasteiger charge is 2.24. The topological polar surface area (TPSA) is 104 Å². The lowest BCUT2D eigenvalue weighted by atomic mass is 10.2. The first-order chi connectivity index (χ1) is 9.69. The molecule has 0 amide bonds. The summed E-state index contributed by atoms with van der Waals surface area (Å²) < 4.78 is 52.5. The number of nitrogens with one attached hydrogen (secondary N) is 1. The first-order valence-corrected chi connectivity index (χ1v) is 7.57. The van der Waals surface area contributed by atoms with Crippen molar-refractivity contribution in [2.75, 3.05) is 6.54 Å². The minimum Gasteiger partial charge on any atom is -0.478 e. The Balaban J connectivity index is 3.05. The van der Waals surface area contributed by atoms with Gasteiger partial charge < -0.3 is 10.2 Å². The van der Waals surface area contributed by atoms with Crippen molar-refractivity contribution < 1.29 is 32.2 Å². The van der Waals surface area contributed by atoms with Gasteiger partial charge in [-0.15, -0.1) is 0 Å². The summed E-state index contributed by atoms with van der Waals surface area (Å²) in [6, 6.07) is 0.941. The van der Waals surface area contributed by atoms with Crippen molar-refractivity contribution in [3.63, 3.8) is 0 Å². The van der Waals surface area contributed by atoms with Crippen molar-refractivity contribution in [2.24, 2.45) is 0 Å². The fourth-order valence-electron chi connectivity index (χ4n) is 1.52. The average molecular weight is 323 g/mol. The molecule has 0 aliphatic rings. The van der Waals surface area contributed by atoms with Crippen molar-refractivity contribution in [3.05, 3.63) is 29.3 Å². The van der Waals surface area contributed by atoms with E-state index in [1.807, 2.05) is 4.72 Å². The van der Waals surface area contributed by atoms with Gasteiger partial charge in [0, 0.05) is 6.54 Å². The zero-order valence-electron chi connectivity index (χ0n) is 11.1. The molecule has 9 heteroatoms. The van der Waals surface area contributed by atoms with Crippen LogP contribution in [0.2, 0.25) is 0 Å². The Morgan fingerprint density at radius 1 is 1.38 bits per heavy atom. The number of halogens is 2. The Morgan fingerprint density at radius 2 is 2.00 bits per heavy atom. The Bertz CT molecular complexity index is 633. The summed E-state index contributed by atoms with van der Waals surface area (Å²) in [5.41, 5.74) is -0.678. The van der Waals surface area contributed by atoms with Gasteiger partial charge in [-0.25, -0.2) is 26.7 Å². The Labute approximate surface area is 120 Å². The number of rotatable bonds is 7. The summed E-state index contributed by atoms with van der Waals surface area (Å²) in [7, 11) is -4.41. The van der Waals surface area contributed by atoms with E-state index in [9.17, 15) is 27.1 Å². The van der Waals surface area contributed by atoms with Crippen LogP contribution in [0.25, 0.3) is 0 Å². The van der Waals surface area contributed by atoms with Gasteiger partial charge in [-0.05, 0) is 25.0 Å². The zero-order chi connectivity index (χ0) is 16.2. The van der Waals surface area contributed by atoms with Gasteiger partial charge >= 0.3 is 5.97 Å². The van der Waals surface area contributed by atoms with E-state index >= 15 is 0 Å². The summed E-state index contributed by atoms with van der Waals surface area (Å²) in [6.45, 7) is 1.51. The van der Waals surface area contributed by atoms with Gasteiger partial charge in [0.25, 0.3) is 0 Å². The Hall–Kier alpha value is -1.58. The number of hydrogen-bond donors (Lipinski definition) is 3. The van der Waals surface area contributed by atoms with E-state index in [0.29, 0.717) is 18.6 Å². The van der Waals surface area contributed by atoms with Crippen LogP contribution in [0.3, 0.4) is 0 Å². The third-order valence-corrected chi connectivity index (χ3v) is 4.23. The molecule has 0 saturated carbocycles. The van der Waals surface area contributed by atoms with Crippen molar-refractivity contribution in [1.82, 2.24) is 4.72 Å². The Kier molecular flexibility index (Phi) is 5.76. The van der Waals surface area contributed by atoms with Gasteiger partial charge in [0.1, 0.15) is 4.90 Å². The molecule has 0 spiro atoms. The summed E-state index contributed by atoms with van der Waals surface area (Å²) in [6.07, 6.45) is -0.211. The molecule has 0 fully saturated rings. The highest BCUT2D eigenvalue weighted by atomic mass is 32.2. The fourth-order valence-corrected chi connectivity index (χ4v) is 2.68. The largest absolute Gasteiger partial charge is 0.478 e. The van der Waals surface area contributed by atoms with Gasteiger partial charge in [0.2, 0.25) is 10.0 Å². The second kappa shape index (κ2) is 6.92. The molecular formula is C12H15F2NO5S. The molecule has 1 atom stereocenters. The molecule has 1 aromatic carbocycles. The molecule has 0 radical (unpaired) electrons. The lowest BCUT2D eigenvalue weighted by Gasteiger charge is -2.11. The van der Waals surface area contributed by atoms with E-state index in [4.69, 9.17) is 5.11 Å². The maximum atomic E-state index is 13.6. The van der Waals surface area contributed by atoms with E-state index in [-0.39, 0.29) is 13.0 Å². The van der Waals surface area contributed by atoms with Crippen molar-refractivity contribution in [1.29, 1.82) is 0 Å². The predicted octanol–water partition coefficient (Wildman–Crippen LogP) is 1.10. The molecule has 3 N–H and O–H groups in total. The van der Waals surface area contributed by atoms with Gasteiger partial charge in [0.05, 0.1) is 11.7 Å². The van der Waals surface area contributed by atoms with Crippen molar-refractivity contribution in [2.45, 2.75) is 30.8 Å². The maximum Gasteiger partial charge on any atom is 0.335 e. The number of aliphatic hydroxyl groups excluding tert-OH is 1. The van der Waals surface area contributed by atoms with Crippen molar-refractivity contribution >= 4 is 16.0 Å². The average Bonchev–Trinajstić information content (AvgIpc) is 2.40. The second-order valence-corrected chi connectivity index (χ2v) is 6.06. The maximum absolute atomic E-state index is 13.6. The van der Waals surface area contributed by atoms with Crippen LogP contribution in [0, 0.1) is 11.6 Å². The standard InChI is InChI=1S/C12H15F2NO5S/c1-2-8(16)3-4-15-21(19,20)10-6-7(12(17)18)5-9(13)11(10)14/h5-6,8,15-16H,2-4H2,1H3,(H,17,18). The van der Waals surface area contributed by atoms with Crippen LogP contribution >= 0.6 is 0 Å². The van der Waals surface area contributed by atoms with E-state index < -0.39 is 44.2 Å². The molecule has 1 rings (SSSR count). The molecule has 0 aromatic heterocycles. The minimum absolute atomic E-state index is 0.0957. The van der Waals surface area contributed by atoms with Crippen LogP contribution in [-0.4, -0.2) is 37.2 Å².